The molecule has 0 unspecified atom stereocenters. The Morgan fingerprint density at radius 3 is 2.56 bits per heavy atom. The Bertz CT molecular complexity index is 1800. The van der Waals surface area contributed by atoms with E-state index in [-0.39, 0.29) is 5.91 Å². The minimum absolute atomic E-state index is 0.239. The molecule has 11 heteroatoms. The Balaban J connectivity index is 1.16. The van der Waals surface area contributed by atoms with Gasteiger partial charge < -0.3 is 19.7 Å². The van der Waals surface area contributed by atoms with E-state index in [1.165, 1.54) is 28.1 Å². The zero-order chi connectivity index (χ0) is 29.3. The monoisotopic (exact) mass is 592 g/mol. The average Bonchev–Trinajstić information content (AvgIpc) is 3.41. The Hall–Kier alpha value is -4.84. The molecule has 2 aliphatic heterocycles. The van der Waals surface area contributed by atoms with Crippen LogP contribution in [0.25, 0.3) is 10.2 Å². The number of rotatable bonds is 7. The molecule has 10 nitrogen and oxygen atoms in total. The van der Waals surface area contributed by atoms with Crippen LogP contribution < -0.4 is 19.9 Å². The van der Waals surface area contributed by atoms with Gasteiger partial charge in [0.25, 0.3) is 5.91 Å². The Labute approximate surface area is 252 Å². The first-order chi connectivity index (χ1) is 21.0. The third-order valence-electron chi connectivity index (χ3n) is 7.50. The lowest BCUT2D eigenvalue weighted by Crippen LogP contribution is -2.35. The fourth-order valence-electron chi connectivity index (χ4n) is 5.28. The average molecular weight is 593 g/mol. The molecule has 0 radical (unpaired) electrons. The van der Waals surface area contributed by atoms with Crippen molar-refractivity contribution in [2.45, 2.75) is 6.54 Å². The van der Waals surface area contributed by atoms with Gasteiger partial charge in [0.1, 0.15) is 27.5 Å². The van der Waals surface area contributed by atoms with Gasteiger partial charge in [0.05, 0.1) is 30.0 Å². The number of carbonyl (C=O) groups is 2. The summed E-state index contributed by atoms with van der Waals surface area (Å²) in [5.74, 6) is 1.43. The van der Waals surface area contributed by atoms with Gasteiger partial charge in [0.2, 0.25) is 0 Å². The number of hydrogen-bond donors (Lipinski definition) is 1. The van der Waals surface area contributed by atoms with Gasteiger partial charge in [0, 0.05) is 38.4 Å². The first-order valence-electron chi connectivity index (χ1n) is 13.9. The number of hydrogen-bond acceptors (Lipinski definition) is 8. The van der Waals surface area contributed by atoms with Crippen LogP contribution >= 0.6 is 11.3 Å². The van der Waals surface area contributed by atoms with Crippen LogP contribution in [0.5, 0.6) is 11.5 Å². The number of nitrogens with zero attached hydrogens (tertiary/aromatic N) is 5. The highest BCUT2D eigenvalue weighted by atomic mass is 32.1. The van der Waals surface area contributed by atoms with E-state index in [0.29, 0.717) is 43.8 Å². The lowest BCUT2D eigenvalue weighted by molar-refractivity contribution is 0.0342. The number of anilines is 4. The van der Waals surface area contributed by atoms with Crippen molar-refractivity contribution in [2.24, 2.45) is 0 Å². The first-order valence-corrected chi connectivity index (χ1v) is 14.8. The van der Waals surface area contributed by atoms with E-state index in [0.717, 1.165) is 38.5 Å². The van der Waals surface area contributed by atoms with Crippen molar-refractivity contribution in [2.75, 3.05) is 48.5 Å². The summed E-state index contributed by atoms with van der Waals surface area (Å²) >= 11 is 1.24. The van der Waals surface area contributed by atoms with Crippen molar-refractivity contribution in [3.8, 4) is 11.5 Å². The number of amides is 3. The maximum atomic E-state index is 13.8. The van der Waals surface area contributed by atoms with Crippen LogP contribution in [0.2, 0.25) is 0 Å². The molecule has 4 heterocycles. The quantitative estimate of drug-likeness (QED) is 0.238. The van der Waals surface area contributed by atoms with Crippen LogP contribution in [0.4, 0.5) is 27.7 Å². The summed E-state index contributed by atoms with van der Waals surface area (Å²) in [5.41, 5.74) is 2.93. The third kappa shape index (κ3) is 5.29. The zero-order valence-corrected chi connectivity index (χ0v) is 24.2. The molecule has 0 atom stereocenters. The molecule has 1 saturated heterocycles. The lowest BCUT2D eigenvalue weighted by Gasteiger charge is -2.28. The summed E-state index contributed by atoms with van der Waals surface area (Å²) < 4.78 is 11.4. The van der Waals surface area contributed by atoms with Crippen molar-refractivity contribution in [1.29, 1.82) is 0 Å². The second-order valence-electron chi connectivity index (χ2n) is 10.3. The van der Waals surface area contributed by atoms with Gasteiger partial charge in [-0.1, -0.05) is 36.4 Å². The first kappa shape index (κ1) is 27.0. The van der Waals surface area contributed by atoms with E-state index >= 15 is 0 Å². The van der Waals surface area contributed by atoms with E-state index in [1.54, 1.807) is 18.0 Å². The van der Waals surface area contributed by atoms with Crippen LogP contribution in [-0.4, -0.2) is 60.2 Å². The highest BCUT2D eigenvalue weighted by Gasteiger charge is 2.35. The second kappa shape index (κ2) is 11.4. The molecule has 3 amide bonds. The van der Waals surface area contributed by atoms with Crippen LogP contribution in [-0.2, 0) is 11.3 Å². The Morgan fingerprint density at radius 2 is 1.77 bits per heavy atom. The highest BCUT2D eigenvalue weighted by Crippen LogP contribution is 2.45. The van der Waals surface area contributed by atoms with E-state index < -0.39 is 6.03 Å². The van der Waals surface area contributed by atoms with Gasteiger partial charge >= 0.3 is 6.03 Å². The third-order valence-corrected chi connectivity index (χ3v) is 8.59. The summed E-state index contributed by atoms with van der Waals surface area (Å²) in [4.78, 5) is 42.7. The van der Waals surface area contributed by atoms with E-state index in [4.69, 9.17) is 9.47 Å². The number of nitrogens with one attached hydrogen (secondary N) is 1. The van der Waals surface area contributed by atoms with Gasteiger partial charge in [-0.05, 0) is 42.0 Å². The van der Waals surface area contributed by atoms with Gasteiger partial charge in [0.15, 0.2) is 5.82 Å². The van der Waals surface area contributed by atoms with Crippen molar-refractivity contribution in [3.63, 3.8) is 0 Å². The van der Waals surface area contributed by atoms with Gasteiger partial charge in [-0.25, -0.2) is 19.7 Å². The molecule has 2 aromatic heterocycles. The second-order valence-corrected chi connectivity index (χ2v) is 11.3. The maximum absolute atomic E-state index is 13.8. The number of morpholine rings is 1. The van der Waals surface area contributed by atoms with Crippen molar-refractivity contribution in [1.82, 2.24) is 14.9 Å². The summed E-state index contributed by atoms with van der Waals surface area (Å²) in [6.45, 7) is 4.17. The molecule has 1 fully saturated rings. The molecule has 0 bridgehead atoms. The molecule has 0 spiro atoms. The Kier molecular flexibility index (Phi) is 7.19. The molecule has 2 aliphatic rings. The summed E-state index contributed by atoms with van der Waals surface area (Å²) in [6.07, 6.45) is 1.42. The normalized spacial score (nSPS) is 14.9. The standard InChI is InChI=1S/C32H28N6O4S/c1-36(22-12-10-21(11-13-22)19-37-14-16-41-17-15-37)31(39)28-27-26-29(33-20-34-30(26)43-28)38(32(40)35-27)23-6-5-9-25(18-23)42-24-7-3-2-4-8-24/h2-13,18,20H,14-17,19H2,1H3,(H,35,40). The largest absolute Gasteiger partial charge is 0.457 e. The summed E-state index contributed by atoms with van der Waals surface area (Å²) in [7, 11) is 1.73. The predicted molar refractivity (Wildman–Crippen MR) is 167 cm³/mol. The molecule has 7 rings (SSSR count). The van der Waals surface area contributed by atoms with Gasteiger partial charge in [-0.3, -0.25) is 9.69 Å². The number of urea groups is 1. The van der Waals surface area contributed by atoms with Gasteiger partial charge in [-0.15, -0.1) is 11.3 Å². The lowest BCUT2D eigenvalue weighted by atomic mass is 10.1. The fourth-order valence-corrected chi connectivity index (χ4v) is 6.35. The summed E-state index contributed by atoms with van der Waals surface area (Å²) in [6, 6.07) is 24.2. The van der Waals surface area contributed by atoms with E-state index in [9.17, 15) is 9.59 Å². The summed E-state index contributed by atoms with van der Waals surface area (Å²) in [5, 5.41) is 3.57. The molecule has 1 N–H and O–H groups in total. The number of carbonyl (C=O) groups excluding carboxylic acids is 2. The molecule has 3 aromatic carbocycles. The van der Waals surface area contributed by atoms with Crippen molar-refractivity contribution in [3.05, 3.63) is 95.6 Å². The van der Waals surface area contributed by atoms with E-state index in [1.807, 2.05) is 72.8 Å². The Morgan fingerprint density at radius 1 is 1.00 bits per heavy atom. The maximum Gasteiger partial charge on any atom is 0.332 e. The number of aromatic nitrogens is 2. The minimum atomic E-state index is -0.424. The van der Waals surface area contributed by atoms with Crippen LogP contribution in [0.1, 0.15) is 15.2 Å². The molecule has 0 saturated carbocycles. The minimum Gasteiger partial charge on any atom is -0.457 e. The fraction of sp³-hybridized carbons (Fsp3) is 0.188. The van der Waals surface area contributed by atoms with Gasteiger partial charge in [-0.2, -0.15) is 0 Å². The molecular formula is C32H28N6O4S. The number of benzene rings is 3. The molecule has 0 aliphatic carbocycles. The highest BCUT2D eigenvalue weighted by molar-refractivity contribution is 7.21. The molecule has 5 aromatic rings. The van der Waals surface area contributed by atoms with Crippen LogP contribution in [0, 0.1) is 0 Å². The topological polar surface area (TPSA) is 100 Å². The van der Waals surface area contributed by atoms with Crippen molar-refractivity contribution < 1.29 is 19.1 Å². The SMILES string of the molecule is CN(C(=O)c1sc2ncnc3c2c1NC(=O)N3c1cccc(Oc2ccccc2)c1)c1ccc(CN2CCOCC2)cc1. The number of thiophene rings is 1. The smallest absolute Gasteiger partial charge is 0.332 e. The predicted octanol–water partition coefficient (Wildman–Crippen LogP) is 6.28. The van der Waals surface area contributed by atoms with E-state index in [2.05, 4.69) is 20.2 Å². The molecule has 216 valence electrons. The number of para-hydroxylation sites is 1. The molecule has 43 heavy (non-hydrogen) atoms. The van der Waals surface area contributed by atoms with Crippen LogP contribution in [0.3, 0.4) is 0 Å². The zero-order valence-electron chi connectivity index (χ0n) is 23.4. The van der Waals surface area contributed by atoms with Crippen molar-refractivity contribution >= 4 is 56.4 Å². The number of ether oxygens (including phenoxy) is 2. The molecular weight excluding hydrogens is 564 g/mol. The van der Waals surface area contributed by atoms with Crippen LogP contribution in [0.15, 0.2) is 85.2 Å².